The van der Waals surface area contributed by atoms with E-state index in [-0.39, 0.29) is 23.7 Å². The highest BCUT2D eigenvalue weighted by molar-refractivity contribution is 6.33. The Hall–Kier alpha value is -2.13. The van der Waals surface area contributed by atoms with Crippen LogP contribution in [0.3, 0.4) is 0 Å². The molecule has 1 fully saturated rings. The molecule has 31 heavy (non-hydrogen) atoms. The SMILES string of the molecule is Cc1cn(-c2ccc(Cl)c(C(=O)NCC3(O)CCCCCC3)c2)c(=O)n1CC(O)CO. The summed E-state index contributed by atoms with van der Waals surface area (Å²) in [7, 11) is 0. The van der Waals surface area contributed by atoms with Crippen LogP contribution < -0.4 is 11.0 Å². The smallest absolute Gasteiger partial charge is 0.333 e. The number of aliphatic hydroxyl groups excluding tert-OH is 2. The normalized spacial score (nSPS) is 17.2. The predicted octanol–water partition coefficient (Wildman–Crippen LogP) is 1.77. The van der Waals surface area contributed by atoms with Gasteiger partial charge in [-0.1, -0.05) is 37.3 Å². The second-order valence-electron chi connectivity index (χ2n) is 8.36. The summed E-state index contributed by atoms with van der Waals surface area (Å²) in [5, 5.41) is 32.6. The van der Waals surface area contributed by atoms with Gasteiger partial charge in [0, 0.05) is 18.4 Å². The van der Waals surface area contributed by atoms with Crippen molar-refractivity contribution >= 4 is 17.5 Å². The lowest BCUT2D eigenvalue weighted by Gasteiger charge is -2.26. The van der Waals surface area contributed by atoms with Gasteiger partial charge in [0.15, 0.2) is 0 Å². The second-order valence-corrected chi connectivity index (χ2v) is 8.76. The first kappa shape index (κ1) is 23.5. The van der Waals surface area contributed by atoms with Gasteiger partial charge < -0.3 is 20.6 Å². The van der Waals surface area contributed by atoms with E-state index in [2.05, 4.69) is 5.32 Å². The van der Waals surface area contributed by atoms with Gasteiger partial charge in [0.2, 0.25) is 0 Å². The Balaban J connectivity index is 1.81. The number of hydrogen-bond donors (Lipinski definition) is 4. The number of aryl methyl sites for hydroxylation is 1. The van der Waals surface area contributed by atoms with Gasteiger partial charge in [-0.2, -0.15) is 0 Å². The molecule has 1 heterocycles. The molecule has 0 bridgehead atoms. The van der Waals surface area contributed by atoms with Crippen molar-refractivity contribution in [3.8, 4) is 5.69 Å². The summed E-state index contributed by atoms with van der Waals surface area (Å²) in [4.78, 5) is 25.6. The van der Waals surface area contributed by atoms with E-state index in [0.29, 0.717) is 24.2 Å². The summed E-state index contributed by atoms with van der Waals surface area (Å²) < 4.78 is 2.72. The predicted molar refractivity (Wildman–Crippen MR) is 118 cm³/mol. The number of nitrogens with one attached hydrogen (secondary N) is 1. The van der Waals surface area contributed by atoms with E-state index in [0.717, 1.165) is 25.7 Å². The van der Waals surface area contributed by atoms with Crippen LogP contribution in [0.15, 0.2) is 29.2 Å². The Kier molecular flexibility index (Phi) is 7.59. The van der Waals surface area contributed by atoms with E-state index in [9.17, 15) is 19.8 Å². The number of rotatable bonds is 7. The van der Waals surface area contributed by atoms with Crippen LogP contribution in [0, 0.1) is 6.92 Å². The number of benzene rings is 1. The minimum atomic E-state index is -1.05. The van der Waals surface area contributed by atoms with Crippen molar-refractivity contribution in [2.75, 3.05) is 13.2 Å². The number of carbonyl (C=O) groups is 1. The molecular weight excluding hydrogens is 422 g/mol. The third-order valence-electron chi connectivity index (χ3n) is 5.87. The Morgan fingerprint density at radius 3 is 2.58 bits per heavy atom. The Morgan fingerprint density at radius 2 is 1.94 bits per heavy atom. The van der Waals surface area contributed by atoms with Gasteiger partial charge in [0.25, 0.3) is 5.91 Å². The summed E-state index contributed by atoms with van der Waals surface area (Å²) >= 11 is 6.25. The zero-order valence-corrected chi connectivity index (χ0v) is 18.4. The first-order chi connectivity index (χ1) is 14.7. The van der Waals surface area contributed by atoms with Crippen LogP contribution in [0.5, 0.6) is 0 Å². The molecule has 0 saturated heterocycles. The maximum atomic E-state index is 12.8. The lowest BCUT2D eigenvalue weighted by Crippen LogP contribution is -2.42. The highest BCUT2D eigenvalue weighted by atomic mass is 35.5. The van der Waals surface area contributed by atoms with Crippen molar-refractivity contribution in [2.24, 2.45) is 0 Å². The standard InChI is InChI=1S/C22H30ClN3O5/c1-15-11-26(21(30)25(15)12-17(28)13-27)16-6-7-19(23)18(10-16)20(29)24-14-22(31)8-4-2-3-5-9-22/h6-7,10-11,17,27-28,31H,2-5,8-9,12-14H2,1H3,(H,24,29). The van der Waals surface area contributed by atoms with Crippen LogP contribution in [0.1, 0.15) is 54.6 Å². The second kappa shape index (κ2) is 9.99. The summed E-state index contributed by atoms with van der Waals surface area (Å²) in [6.45, 7) is 1.39. The number of imidazole rings is 1. The molecule has 9 heteroatoms. The third kappa shape index (κ3) is 5.57. The zero-order valence-electron chi connectivity index (χ0n) is 17.7. The molecule has 1 aromatic carbocycles. The van der Waals surface area contributed by atoms with Crippen molar-refractivity contribution in [3.05, 3.63) is 51.2 Å². The van der Waals surface area contributed by atoms with E-state index in [1.54, 1.807) is 25.3 Å². The average Bonchev–Trinajstić information content (AvgIpc) is 2.91. The van der Waals surface area contributed by atoms with Crippen LogP contribution in [0.2, 0.25) is 5.02 Å². The first-order valence-corrected chi connectivity index (χ1v) is 11.0. The number of nitrogens with zero attached hydrogens (tertiary/aromatic N) is 2. The van der Waals surface area contributed by atoms with Crippen LogP contribution >= 0.6 is 11.6 Å². The van der Waals surface area contributed by atoms with E-state index in [1.807, 2.05) is 0 Å². The third-order valence-corrected chi connectivity index (χ3v) is 6.20. The molecule has 0 spiro atoms. The van der Waals surface area contributed by atoms with E-state index in [1.165, 1.54) is 15.2 Å². The van der Waals surface area contributed by atoms with Gasteiger partial charge >= 0.3 is 5.69 Å². The molecule has 8 nitrogen and oxygen atoms in total. The maximum Gasteiger partial charge on any atom is 0.333 e. The van der Waals surface area contributed by atoms with Gasteiger partial charge in [-0.15, -0.1) is 0 Å². The van der Waals surface area contributed by atoms with Gasteiger partial charge in [-0.05, 0) is 38.0 Å². The van der Waals surface area contributed by atoms with Crippen LogP contribution in [-0.2, 0) is 6.54 Å². The number of amides is 1. The molecule has 3 rings (SSSR count). The Labute approximate surface area is 186 Å². The zero-order chi connectivity index (χ0) is 22.6. The molecule has 0 radical (unpaired) electrons. The average molecular weight is 452 g/mol. The summed E-state index contributed by atoms with van der Waals surface area (Å²) in [6, 6.07) is 4.71. The van der Waals surface area contributed by atoms with Crippen LogP contribution in [0.25, 0.3) is 5.69 Å². The van der Waals surface area contributed by atoms with Gasteiger partial charge in [-0.25, -0.2) is 4.79 Å². The maximum absolute atomic E-state index is 12.8. The molecule has 0 aliphatic heterocycles. The summed E-state index contributed by atoms with van der Waals surface area (Å²) in [5.74, 6) is -0.413. The van der Waals surface area contributed by atoms with Gasteiger partial charge in [0.05, 0.1) is 41.1 Å². The fraction of sp³-hybridized carbons (Fsp3) is 0.545. The number of carbonyl (C=O) groups excluding carboxylic acids is 1. The lowest BCUT2D eigenvalue weighted by atomic mass is 9.94. The van der Waals surface area contributed by atoms with Crippen molar-refractivity contribution in [1.82, 2.24) is 14.5 Å². The molecule has 1 aliphatic carbocycles. The van der Waals surface area contributed by atoms with E-state index >= 15 is 0 Å². The topological polar surface area (TPSA) is 117 Å². The molecule has 1 atom stereocenters. The molecule has 1 aliphatic rings. The molecule has 1 aromatic heterocycles. The van der Waals surface area contributed by atoms with E-state index in [4.69, 9.17) is 16.7 Å². The summed E-state index contributed by atoms with van der Waals surface area (Å²) in [6.07, 6.45) is 5.92. The molecule has 1 unspecified atom stereocenters. The van der Waals surface area contributed by atoms with Crippen molar-refractivity contribution in [2.45, 2.75) is 63.7 Å². The lowest BCUT2D eigenvalue weighted by molar-refractivity contribution is 0.0246. The molecular formula is C22H30ClN3O5. The fourth-order valence-corrected chi connectivity index (χ4v) is 4.21. The quantitative estimate of drug-likeness (QED) is 0.479. The van der Waals surface area contributed by atoms with Crippen molar-refractivity contribution in [1.29, 1.82) is 0 Å². The largest absolute Gasteiger partial charge is 0.394 e. The van der Waals surface area contributed by atoms with E-state index < -0.39 is 29.9 Å². The van der Waals surface area contributed by atoms with Crippen LogP contribution in [0.4, 0.5) is 0 Å². The number of aromatic nitrogens is 2. The van der Waals surface area contributed by atoms with Crippen molar-refractivity contribution < 1.29 is 20.1 Å². The number of hydrogen-bond acceptors (Lipinski definition) is 5. The molecule has 1 amide bonds. The highest BCUT2D eigenvalue weighted by Gasteiger charge is 2.29. The minimum absolute atomic E-state index is 0.0340. The van der Waals surface area contributed by atoms with Gasteiger partial charge in [-0.3, -0.25) is 13.9 Å². The first-order valence-electron chi connectivity index (χ1n) is 10.6. The Bertz CT molecular complexity index is 976. The van der Waals surface area contributed by atoms with Gasteiger partial charge in [0.1, 0.15) is 0 Å². The van der Waals surface area contributed by atoms with Crippen LogP contribution in [-0.4, -0.2) is 55.2 Å². The number of halogens is 1. The van der Waals surface area contributed by atoms with Crippen molar-refractivity contribution in [3.63, 3.8) is 0 Å². The monoisotopic (exact) mass is 451 g/mol. The molecule has 1 saturated carbocycles. The fourth-order valence-electron chi connectivity index (χ4n) is 4.01. The Morgan fingerprint density at radius 1 is 1.26 bits per heavy atom. The summed E-state index contributed by atoms with van der Waals surface area (Å²) in [5.41, 5.74) is -0.0349. The molecule has 4 N–H and O–H groups in total. The molecule has 170 valence electrons. The molecule has 2 aromatic rings. The highest BCUT2D eigenvalue weighted by Crippen LogP contribution is 2.27. The minimum Gasteiger partial charge on any atom is -0.394 e. The number of aliphatic hydroxyl groups is 3.